The highest BCUT2D eigenvalue weighted by atomic mass is 32.1. The quantitative estimate of drug-likeness (QED) is 0.731. The van der Waals surface area contributed by atoms with Gasteiger partial charge < -0.3 is 10.0 Å². The first-order valence-electron chi connectivity index (χ1n) is 9.17. The number of aliphatic hydroxyl groups is 1. The second-order valence-electron chi connectivity index (χ2n) is 7.47. The van der Waals surface area contributed by atoms with Gasteiger partial charge in [0.25, 0.3) is 5.91 Å². The number of piperidine rings is 1. The molecule has 2 saturated heterocycles. The molecule has 2 aliphatic heterocycles. The van der Waals surface area contributed by atoms with Crippen molar-refractivity contribution in [1.29, 1.82) is 0 Å². The third kappa shape index (κ3) is 2.78. The number of amides is 1. The van der Waals surface area contributed by atoms with E-state index >= 15 is 0 Å². The first-order valence-corrected chi connectivity index (χ1v) is 10.1. The molecule has 6 nitrogen and oxygen atoms in total. The number of H-pyrrole nitrogens is 1. The summed E-state index contributed by atoms with van der Waals surface area (Å²) in [5.41, 5.74) is 1.67. The molecule has 2 bridgehead atoms. The highest BCUT2D eigenvalue weighted by Gasteiger charge is 2.50. The molecule has 2 unspecified atom stereocenters. The second-order valence-corrected chi connectivity index (χ2v) is 8.38. The molecular formula is C20H20N4O2S. The number of rotatable bonds is 3. The molecule has 5 rings (SSSR count). The first kappa shape index (κ1) is 16.6. The molecule has 3 aromatic rings. The molecule has 2 atom stereocenters. The zero-order valence-corrected chi connectivity index (χ0v) is 15.5. The molecule has 27 heavy (non-hydrogen) atoms. The minimum Gasteiger partial charge on any atom is -0.385 e. The van der Waals surface area contributed by atoms with Gasteiger partial charge in [-0.1, -0.05) is 6.07 Å². The highest BCUT2D eigenvalue weighted by molar-refractivity contribution is 7.13. The fourth-order valence-electron chi connectivity index (χ4n) is 4.56. The number of carbonyl (C=O) groups excluding carboxylic acids is 1. The van der Waals surface area contributed by atoms with Crippen LogP contribution in [0.4, 0.5) is 0 Å². The maximum Gasteiger partial charge on any atom is 0.255 e. The van der Waals surface area contributed by atoms with E-state index in [1.807, 2.05) is 34.7 Å². The van der Waals surface area contributed by atoms with Gasteiger partial charge in [0.15, 0.2) is 0 Å². The number of carbonyl (C=O) groups is 1. The van der Waals surface area contributed by atoms with E-state index in [0.29, 0.717) is 12.8 Å². The molecule has 2 aliphatic rings. The number of thiophene rings is 1. The lowest BCUT2D eigenvalue weighted by Crippen LogP contribution is -2.52. The van der Waals surface area contributed by atoms with Gasteiger partial charge in [-0.05, 0) is 25.0 Å². The molecular weight excluding hydrogens is 360 g/mol. The Hall–Kier alpha value is -2.51. The summed E-state index contributed by atoms with van der Waals surface area (Å²) in [7, 11) is 0. The van der Waals surface area contributed by atoms with Crippen LogP contribution in [0.1, 0.15) is 41.6 Å². The van der Waals surface area contributed by atoms with Crippen LogP contribution in [0.25, 0.3) is 10.4 Å². The van der Waals surface area contributed by atoms with Crippen LogP contribution in [0.3, 0.4) is 0 Å². The third-order valence-corrected chi connectivity index (χ3v) is 6.81. The van der Waals surface area contributed by atoms with E-state index in [0.717, 1.165) is 34.4 Å². The Bertz CT molecular complexity index is 940. The Labute approximate surface area is 160 Å². The Morgan fingerprint density at radius 2 is 2.11 bits per heavy atom. The molecule has 7 heteroatoms. The van der Waals surface area contributed by atoms with E-state index in [9.17, 15) is 9.90 Å². The fourth-order valence-corrected chi connectivity index (χ4v) is 5.43. The number of hydrogen-bond acceptors (Lipinski definition) is 5. The average Bonchev–Trinajstić information content (AvgIpc) is 3.41. The average molecular weight is 380 g/mol. The lowest BCUT2D eigenvalue weighted by molar-refractivity contribution is -0.0481. The molecule has 1 amide bonds. The topological polar surface area (TPSA) is 82.1 Å². The monoisotopic (exact) mass is 380 g/mol. The van der Waals surface area contributed by atoms with Crippen molar-refractivity contribution in [2.45, 2.75) is 43.4 Å². The predicted octanol–water partition coefficient (Wildman–Crippen LogP) is 3.19. The summed E-state index contributed by atoms with van der Waals surface area (Å²) >= 11 is 1.55. The molecule has 0 aromatic carbocycles. The maximum atomic E-state index is 13.2. The van der Waals surface area contributed by atoms with Gasteiger partial charge in [0.05, 0.1) is 17.4 Å². The summed E-state index contributed by atoms with van der Waals surface area (Å²) in [6, 6.07) is 5.87. The van der Waals surface area contributed by atoms with Crippen LogP contribution in [0, 0.1) is 0 Å². The predicted molar refractivity (Wildman–Crippen MR) is 102 cm³/mol. The van der Waals surface area contributed by atoms with E-state index < -0.39 is 5.60 Å². The van der Waals surface area contributed by atoms with E-state index in [-0.39, 0.29) is 18.0 Å². The normalized spacial score (nSPS) is 27.1. The van der Waals surface area contributed by atoms with E-state index in [4.69, 9.17) is 0 Å². The van der Waals surface area contributed by atoms with Crippen LogP contribution in [0.15, 0.2) is 48.4 Å². The molecule has 3 aromatic heterocycles. The number of hydrogen-bond donors (Lipinski definition) is 2. The summed E-state index contributed by atoms with van der Waals surface area (Å²) in [6.07, 6.45) is 10.1. The van der Waals surface area contributed by atoms with Gasteiger partial charge in [-0.25, -0.2) is 0 Å². The lowest BCUT2D eigenvalue weighted by Gasteiger charge is -2.44. The molecule has 5 heterocycles. The standard InChI is InChI=1S/C20H20N4O2S/c25-19(13-6-18(27-12-13)14-9-22-23-10-14)24-16-3-4-17(24)8-20(26,7-16)15-2-1-5-21-11-15/h1-2,5-6,9-12,16-17,26H,3-4,7-8H2,(H,22,23). The summed E-state index contributed by atoms with van der Waals surface area (Å²) in [6.45, 7) is 0. The SMILES string of the molecule is O=C(c1csc(-c2cn[nH]c2)c1)N1C2CCC1CC(O)(c1cccnc1)C2. The molecule has 2 fully saturated rings. The zero-order valence-electron chi connectivity index (χ0n) is 14.7. The molecule has 2 N–H and O–H groups in total. The van der Waals surface area contributed by atoms with Crippen molar-refractivity contribution in [2.24, 2.45) is 0 Å². The van der Waals surface area contributed by atoms with E-state index in [2.05, 4.69) is 15.2 Å². The van der Waals surface area contributed by atoms with E-state index in [1.165, 1.54) is 0 Å². The number of nitrogens with one attached hydrogen (secondary N) is 1. The Morgan fingerprint density at radius 1 is 1.30 bits per heavy atom. The molecule has 0 radical (unpaired) electrons. The Kier molecular flexibility index (Phi) is 3.87. The Balaban J connectivity index is 1.39. The van der Waals surface area contributed by atoms with Crippen LogP contribution in [0.5, 0.6) is 0 Å². The van der Waals surface area contributed by atoms with Crippen molar-refractivity contribution in [1.82, 2.24) is 20.1 Å². The zero-order chi connectivity index (χ0) is 18.4. The lowest BCUT2D eigenvalue weighted by atomic mass is 9.81. The van der Waals surface area contributed by atoms with Crippen LogP contribution < -0.4 is 0 Å². The summed E-state index contributed by atoms with van der Waals surface area (Å²) in [5.74, 6) is 0.0710. The smallest absolute Gasteiger partial charge is 0.255 e. The molecule has 138 valence electrons. The first-order chi connectivity index (χ1) is 13.1. The van der Waals surface area contributed by atoms with Gasteiger partial charge >= 0.3 is 0 Å². The van der Waals surface area contributed by atoms with Crippen LogP contribution >= 0.6 is 11.3 Å². The number of pyridine rings is 1. The summed E-state index contributed by atoms with van der Waals surface area (Å²) in [4.78, 5) is 20.4. The minimum atomic E-state index is -0.895. The number of nitrogens with zero attached hydrogens (tertiary/aromatic N) is 3. The van der Waals surface area contributed by atoms with Gasteiger partial charge in [-0.15, -0.1) is 11.3 Å². The largest absolute Gasteiger partial charge is 0.385 e. The number of aromatic amines is 1. The van der Waals surface area contributed by atoms with Crippen molar-refractivity contribution >= 4 is 17.2 Å². The van der Waals surface area contributed by atoms with Crippen LogP contribution in [-0.4, -0.2) is 43.2 Å². The van der Waals surface area contributed by atoms with Gasteiger partial charge in [-0.2, -0.15) is 5.10 Å². The van der Waals surface area contributed by atoms with Gasteiger partial charge in [0.1, 0.15) is 0 Å². The fraction of sp³-hybridized carbons (Fsp3) is 0.350. The van der Waals surface area contributed by atoms with Gasteiger partial charge in [0, 0.05) is 64.9 Å². The highest BCUT2D eigenvalue weighted by Crippen LogP contribution is 2.46. The van der Waals surface area contributed by atoms with Crippen LogP contribution in [-0.2, 0) is 5.60 Å². The van der Waals surface area contributed by atoms with Gasteiger partial charge in [-0.3, -0.25) is 14.9 Å². The summed E-state index contributed by atoms with van der Waals surface area (Å²) in [5, 5.41) is 19.9. The third-order valence-electron chi connectivity index (χ3n) is 5.83. The van der Waals surface area contributed by atoms with Crippen molar-refractivity contribution in [2.75, 3.05) is 0 Å². The van der Waals surface area contributed by atoms with Crippen LogP contribution in [0.2, 0.25) is 0 Å². The van der Waals surface area contributed by atoms with Gasteiger partial charge in [0.2, 0.25) is 0 Å². The van der Waals surface area contributed by atoms with Crippen molar-refractivity contribution in [3.8, 4) is 10.4 Å². The Morgan fingerprint density at radius 3 is 2.78 bits per heavy atom. The maximum absolute atomic E-state index is 13.2. The number of fused-ring (bicyclic) bond motifs is 2. The van der Waals surface area contributed by atoms with Crippen molar-refractivity contribution < 1.29 is 9.90 Å². The minimum absolute atomic E-state index is 0.0683. The van der Waals surface area contributed by atoms with Crippen molar-refractivity contribution in [3.05, 3.63) is 59.5 Å². The van der Waals surface area contributed by atoms with Crippen molar-refractivity contribution in [3.63, 3.8) is 0 Å². The molecule has 0 spiro atoms. The second kappa shape index (κ2) is 6.28. The molecule has 0 saturated carbocycles. The number of aromatic nitrogens is 3. The summed E-state index contributed by atoms with van der Waals surface area (Å²) < 4.78 is 0. The van der Waals surface area contributed by atoms with E-state index in [1.54, 1.807) is 29.9 Å². The molecule has 0 aliphatic carbocycles.